The van der Waals surface area contributed by atoms with Gasteiger partial charge in [-0.05, 0) is 25.1 Å². The van der Waals surface area contributed by atoms with Gasteiger partial charge in [0.15, 0.2) is 0 Å². The van der Waals surface area contributed by atoms with E-state index in [2.05, 4.69) is 9.97 Å². The molecule has 2 N–H and O–H groups in total. The maximum atomic E-state index is 12.8. The number of benzene rings is 1. The van der Waals surface area contributed by atoms with Crippen LogP contribution in [0.25, 0.3) is 10.9 Å². The van der Waals surface area contributed by atoms with Gasteiger partial charge in [0.05, 0.1) is 10.9 Å². The fourth-order valence-corrected chi connectivity index (χ4v) is 1.33. The minimum atomic E-state index is -0.854. The van der Waals surface area contributed by atoms with Crippen LogP contribution in [0.5, 0.6) is 0 Å². The number of fused-ring (bicyclic) bond motifs is 1. The van der Waals surface area contributed by atoms with E-state index in [0.29, 0.717) is 5.52 Å². The van der Waals surface area contributed by atoms with Gasteiger partial charge in [-0.25, -0.2) is 9.37 Å². The Morgan fingerprint density at radius 3 is 2.93 bits per heavy atom. The fourth-order valence-electron chi connectivity index (χ4n) is 1.33. The molecule has 0 aliphatic heterocycles. The van der Waals surface area contributed by atoms with Crippen molar-refractivity contribution in [1.82, 2.24) is 9.97 Å². The highest BCUT2D eigenvalue weighted by atomic mass is 19.1. The summed E-state index contributed by atoms with van der Waals surface area (Å²) in [5, 5.41) is 9.44. The van der Waals surface area contributed by atoms with E-state index in [1.54, 1.807) is 0 Å². The van der Waals surface area contributed by atoms with Gasteiger partial charge in [-0.2, -0.15) is 0 Å². The zero-order chi connectivity index (χ0) is 11.0. The van der Waals surface area contributed by atoms with Gasteiger partial charge in [0.2, 0.25) is 0 Å². The Balaban J connectivity index is 2.79. The predicted octanol–water partition coefficient (Wildman–Crippen LogP) is 1.12. The number of aromatic amines is 1. The molecular formula is C10H9FN2O2. The van der Waals surface area contributed by atoms with E-state index in [-0.39, 0.29) is 11.2 Å². The van der Waals surface area contributed by atoms with Crippen molar-refractivity contribution >= 4 is 10.9 Å². The summed E-state index contributed by atoms with van der Waals surface area (Å²) in [5.74, 6) is -0.307. The largest absolute Gasteiger partial charge is 0.385 e. The number of aliphatic hydroxyl groups is 1. The first-order valence-corrected chi connectivity index (χ1v) is 4.45. The van der Waals surface area contributed by atoms with E-state index in [0.717, 1.165) is 6.07 Å². The third-order valence-corrected chi connectivity index (χ3v) is 2.08. The summed E-state index contributed by atoms with van der Waals surface area (Å²) in [6, 6.07) is 3.75. The monoisotopic (exact) mass is 208 g/mol. The highest BCUT2D eigenvalue weighted by molar-refractivity contribution is 5.77. The Kier molecular flexibility index (Phi) is 2.24. The first kappa shape index (κ1) is 9.79. The normalized spacial score (nSPS) is 13.0. The molecule has 2 aromatic rings. The minimum absolute atomic E-state index is 0.180. The summed E-state index contributed by atoms with van der Waals surface area (Å²) in [6.45, 7) is 1.49. The number of nitrogens with zero attached hydrogens (tertiary/aromatic N) is 1. The van der Waals surface area contributed by atoms with E-state index >= 15 is 0 Å². The lowest BCUT2D eigenvalue weighted by Crippen LogP contribution is -2.13. The van der Waals surface area contributed by atoms with Crippen LogP contribution in [-0.2, 0) is 0 Å². The van der Waals surface area contributed by atoms with E-state index in [1.165, 1.54) is 19.1 Å². The molecule has 0 aliphatic carbocycles. The van der Waals surface area contributed by atoms with Crippen molar-refractivity contribution in [3.8, 4) is 0 Å². The molecule has 4 nitrogen and oxygen atoms in total. The summed E-state index contributed by atoms with van der Waals surface area (Å²) >= 11 is 0. The topological polar surface area (TPSA) is 66.0 Å². The maximum Gasteiger partial charge on any atom is 0.258 e. The third-order valence-electron chi connectivity index (χ3n) is 2.08. The molecule has 0 radical (unpaired) electrons. The molecule has 2 rings (SSSR count). The Hall–Kier alpha value is -1.75. The predicted molar refractivity (Wildman–Crippen MR) is 53.0 cm³/mol. The second-order valence-electron chi connectivity index (χ2n) is 3.29. The molecule has 0 amide bonds. The molecule has 5 heteroatoms. The first-order valence-electron chi connectivity index (χ1n) is 4.45. The molecule has 1 atom stereocenters. The third kappa shape index (κ3) is 1.73. The van der Waals surface area contributed by atoms with Gasteiger partial charge in [0, 0.05) is 0 Å². The van der Waals surface area contributed by atoms with E-state index in [4.69, 9.17) is 0 Å². The molecule has 0 spiro atoms. The van der Waals surface area contributed by atoms with Crippen molar-refractivity contribution in [2.45, 2.75) is 13.0 Å². The summed E-state index contributed by atoms with van der Waals surface area (Å²) in [5.41, 5.74) is -0.0774. The molecular weight excluding hydrogens is 199 g/mol. The van der Waals surface area contributed by atoms with Crippen molar-refractivity contribution < 1.29 is 9.50 Å². The summed E-state index contributed by atoms with van der Waals surface area (Å²) in [4.78, 5) is 17.9. The van der Waals surface area contributed by atoms with Crippen LogP contribution in [-0.4, -0.2) is 15.1 Å². The lowest BCUT2D eigenvalue weighted by atomic mass is 10.2. The van der Waals surface area contributed by atoms with E-state index in [9.17, 15) is 14.3 Å². The van der Waals surface area contributed by atoms with Crippen molar-refractivity contribution in [1.29, 1.82) is 0 Å². The smallest absolute Gasteiger partial charge is 0.258 e. The molecule has 1 aromatic heterocycles. The van der Waals surface area contributed by atoms with Crippen LogP contribution < -0.4 is 5.56 Å². The van der Waals surface area contributed by atoms with Crippen LogP contribution in [0.4, 0.5) is 4.39 Å². The molecule has 0 bridgehead atoms. The van der Waals surface area contributed by atoms with Gasteiger partial charge < -0.3 is 10.1 Å². The van der Waals surface area contributed by atoms with Gasteiger partial charge in [0.1, 0.15) is 17.7 Å². The Bertz CT molecular complexity index is 563. The number of nitrogens with one attached hydrogen (secondary N) is 1. The van der Waals surface area contributed by atoms with Crippen LogP contribution in [0.3, 0.4) is 0 Å². The molecule has 78 valence electrons. The number of rotatable bonds is 1. The summed E-state index contributed by atoms with van der Waals surface area (Å²) in [7, 11) is 0. The minimum Gasteiger partial charge on any atom is -0.385 e. The number of halogens is 1. The van der Waals surface area contributed by atoms with Gasteiger partial charge in [0.25, 0.3) is 5.56 Å². The number of aromatic nitrogens is 2. The van der Waals surface area contributed by atoms with Crippen LogP contribution >= 0.6 is 0 Å². The van der Waals surface area contributed by atoms with Crippen LogP contribution in [0.15, 0.2) is 23.0 Å². The molecule has 1 aromatic carbocycles. The van der Waals surface area contributed by atoms with E-state index in [1.807, 2.05) is 0 Å². The van der Waals surface area contributed by atoms with Crippen LogP contribution in [0, 0.1) is 5.82 Å². The summed E-state index contributed by atoms with van der Waals surface area (Å²) in [6.07, 6.45) is -0.854. The van der Waals surface area contributed by atoms with Gasteiger partial charge >= 0.3 is 0 Å². The molecule has 0 saturated heterocycles. The van der Waals surface area contributed by atoms with Crippen molar-refractivity contribution in [3.63, 3.8) is 0 Å². The molecule has 1 unspecified atom stereocenters. The maximum absolute atomic E-state index is 12.8. The average molecular weight is 208 g/mol. The SMILES string of the molecule is CC(O)c1nc2ccc(F)cc2c(=O)[nH]1. The molecule has 1 heterocycles. The number of H-pyrrole nitrogens is 1. The molecule has 0 aliphatic rings. The highest BCUT2D eigenvalue weighted by Gasteiger charge is 2.08. The lowest BCUT2D eigenvalue weighted by Gasteiger charge is -2.04. The second-order valence-corrected chi connectivity index (χ2v) is 3.29. The quantitative estimate of drug-likeness (QED) is 0.737. The first-order chi connectivity index (χ1) is 7.08. The second kappa shape index (κ2) is 3.43. The fraction of sp³-hybridized carbons (Fsp3) is 0.200. The Morgan fingerprint density at radius 2 is 2.27 bits per heavy atom. The highest BCUT2D eigenvalue weighted by Crippen LogP contribution is 2.11. The lowest BCUT2D eigenvalue weighted by molar-refractivity contribution is 0.189. The summed E-state index contributed by atoms with van der Waals surface area (Å²) < 4.78 is 12.8. The molecule has 0 fully saturated rings. The van der Waals surface area contributed by atoms with E-state index < -0.39 is 17.5 Å². The standard InChI is InChI=1S/C10H9FN2O2/c1-5(14)9-12-8-3-2-6(11)4-7(8)10(15)13-9/h2-5,14H,1H3,(H,12,13,15). The van der Waals surface area contributed by atoms with Crippen LogP contribution in [0.1, 0.15) is 18.9 Å². The molecule has 0 saturated carbocycles. The number of aliphatic hydroxyl groups excluding tert-OH is 1. The van der Waals surface area contributed by atoms with Gasteiger partial charge in [-0.15, -0.1) is 0 Å². The zero-order valence-electron chi connectivity index (χ0n) is 7.99. The number of hydrogen-bond donors (Lipinski definition) is 2. The van der Waals surface area contributed by atoms with Gasteiger partial charge in [-0.1, -0.05) is 0 Å². The number of hydrogen-bond acceptors (Lipinski definition) is 3. The zero-order valence-corrected chi connectivity index (χ0v) is 7.99. The average Bonchev–Trinajstić information content (AvgIpc) is 2.18. The Labute approximate surface area is 84.4 Å². The van der Waals surface area contributed by atoms with Crippen molar-refractivity contribution in [2.75, 3.05) is 0 Å². The Morgan fingerprint density at radius 1 is 1.53 bits per heavy atom. The molecule has 15 heavy (non-hydrogen) atoms. The van der Waals surface area contributed by atoms with Crippen molar-refractivity contribution in [2.24, 2.45) is 0 Å². The van der Waals surface area contributed by atoms with Crippen molar-refractivity contribution in [3.05, 3.63) is 40.2 Å². The van der Waals surface area contributed by atoms with Crippen LogP contribution in [0.2, 0.25) is 0 Å². The van der Waals surface area contributed by atoms with Gasteiger partial charge in [-0.3, -0.25) is 4.79 Å².